The first-order chi connectivity index (χ1) is 8.75. The van der Waals surface area contributed by atoms with Gasteiger partial charge in [0, 0.05) is 18.5 Å². The highest BCUT2D eigenvalue weighted by Gasteiger charge is 2.51. The van der Waals surface area contributed by atoms with E-state index in [1.165, 1.54) is 0 Å². The molecule has 3 atom stereocenters. The lowest BCUT2D eigenvalue weighted by Crippen LogP contribution is -2.41. The van der Waals surface area contributed by atoms with Crippen LogP contribution in [0.25, 0.3) is 0 Å². The summed E-state index contributed by atoms with van der Waals surface area (Å²) in [4.78, 5) is 13.7. The van der Waals surface area contributed by atoms with E-state index in [1.54, 1.807) is 4.90 Å². The van der Waals surface area contributed by atoms with Crippen molar-refractivity contribution in [2.24, 2.45) is 5.92 Å². The lowest BCUT2D eigenvalue weighted by molar-refractivity contribution is 0.0517. The molecule has 0 bridgehead atoms. The van der Waals surface area contributed by atoms with Crippen LogP contribution in [0.2, 0.25) is 0 Å². The SMILES string of the molecule is O=C(OCc1ccccc1)N1CC[C@H](O)[C@H]2C[C@H]21. The standard InChI is InChI=1S/C14H17NO3/c16-13-6-7-15(12-8-11(12)13)14(17)18-9-10-4-2-1-3-5-10/h1-5,11-13,16H,6-9H2/t11-,12+,13-/m0/s1. The summed E-state index contributed by atoms with van der Waals surface area (Å²) in [6.45, 7) is 0.923. The Hall–Kier alpha value is -1.55. The van der Waals surface area contributed by atoms with E-state index in [0.29, 0.717) is 19.6 Å². The van der Waals surface area contributed by atoms with E-state index in [4.69, 9.17) is 4.74 Å². The molecule has 96 valence electrons. The van der Waals surface area contributed by atoms with Crippen molar-refractivity contribution in [3.63, 3.8) is 0 Å². The topological polar surface area (TPSA) is 49.8 Å². The van der Waals surface area contributed by atoms with E-state index >= 15 is 0 Å². The van der Waals surface area contributed by atoms with E-state index in [2.05, 4.69) is 0 Å². The molecular weight excluding hydrogens is 230 g/mol. The Balaban J connectivity index is 1.53. The van der Waals surface area contributed by atoms with Crippen LogP contribution in [-0.4, -0.2) is 34.8 Å². The van der Waals surface area contributed by atoms with Crippen molar-refractivity contribution in [3.8, 4) is 0 Å². The molecule has 2 fully saturated rings. The van der Waals surface area contributed by atoms with Crippen LogP contribution in [0.3, 0.4) is 0 Å². The molecular formula is C14H17NO3. The fourth-order valence-electron chi connectivity index (χ4n) is 2.65. The van der Waals surface area contributed by atoms with Crippen molar-refractivity contribution < 1.29 is 14.6 Å². The number of carbonyl (C=O) groups excluding carboxylic acids is 1. The Morgan fingerprint density at radius 1 is 1.39 bits per heavy atom. The van der Waals surface area contributed by atoms with Gasteiger partial charge in [0.05, 0.1) is 6.10 Å². The van der Waals surface area contributed by atoms with Gasteiger partial charge in [-0.05, 0) is 18.4 Å². The number of hydrogen-bond donors (Lipinski definition) is 1. The summed E-state index contributed by atoms with van der Waals surface area (Å²) in [7, 11) is 0. The Morgan fingerprint density at radius 2 is 2.17 bits per heavy atom. The Kier molecular flexibility index (Phi) is 2.96. The Labute approximate surface area is 106 Å². The molecule has 0 unspecified atom stereocenters. The molecule has 1 aromatic carbocycles. The minimum Gasteiger partial charge on any atom is -0.445 e. The highest BCUT2D eigenvalue weighted by Crippen LogP contribution is 2.43. The molecule has 1 saturated carbocycles. The van der Waals surface area contributed by atoms with Gasteiger partial charge >= 0.3 is 6.09 Å². The molecule has 4 heteroatoms. The van der Waals surface area contributed by atoms with Crippen molar-refractivity contribution in [1.29, 1.82) is 0 Å². The van der Waals surface area contributed by atoms with Crippen LogP contribution < -0.4 is 0 Å². The van der Waals surface area contributed by atoms with Crippen LogP contribution in [0.4, 0.5) is 4.79 Å². The molecule has 0 spiro atoms. The molecule has 3 rings (SSSR count). The van der Waals surface area contributed by atoms with E-state index in [1.807, 2.05) is 30.3 Å². The molecule has 1 aromatic rings. The summed E-state index contributed by atoms with van der Waals surface area (Å²) in [5.74, 6) is 0.281. The summed E-state index contributed by atoms with van der Waals surface area (Å²) in [6.07, 6.45) is 1.11. The molecule has 1 aliphatic carbocycles. The number of amides is 1. The Bertz CT molecular complexity index is 434. The molecule has 0 radical (unpaired) electrons. The molecule has 1 N–H and O–H groups in total. The second-order valence-corrected chi connectivity index (χ2v) is 5.06. The average molecular weight is 247 g/mol. The number of piperidine rings is 1. The van der Waals surface area contributed by atoms with Gasteiger partial charge < -0.3 is 14.7 Å². The third-order valence-corrected chi connectivity index (χ3v) is 3.80. The maximum atomic E-state index is 11.9. The molecule has 1 saturated heterocycles. The monoisotopic (exact) mass is 247 g/mol. The summed E-state index contributed by atoms with van der Waals surface area (Å²) in [6, 6.07) is 9.87. The van der Waals surface area contributed by atoms with Crippen molar-refractivity contribution in [2.75, 3.05) is 6.54 Å². The largest absolute Gasteiger partial charge is 0.445 e. The van der Waals surface area contributed by atoms with Gasteiger partial charge in [0.25, 0.3) is 0 Å². The zero-order chi connectivity index (χ0) is 12.5. The number of rotatable bonds is 2. The normalized spacial score (nSPS) is 29.6. The van der Waals surface area contributed by atoms with Crippen LogP contribution in [0.5, 0.6) is 0 Å². The smallest absolute Gasteiger partial charge is 0.410 e. The van der Waals surface area contributed by atoms with Gasteiger partial charge in [0.15, 0.2) is 0 Å². The van der Waals surface area contributed by atoms with Gasteiger partial charge in [-0.2, -0.15) is 0 Å². The van der Waals surface area contributed by atoms with Crippen LogP contribution >= 0.6 is 0 Å². The number of fused-ring (bicyclic) bond motifs is 1. The van der Waals surface area contributed by atoms with Crippen LogP contribution in [0, 0.1) is 5.92 Å². The molecule has 2 aliphatic rings. The molecule has 4 nitrogen and oxygen atoms in total. The van der Waals surface area contributed by atoms with Crippen molar-refractivity contribution in [2.45, 2.75) is 31.6 Å². The number of benzene rings is 1. The molecule has 18 heavy (non-hydrogen) atoms. The first-order valence-electron chi connectivity index (χ1n) is 6.41. The molecule has 1 heterocycles. The van der Waals surface area contributed by atoms with Crippen LogP contribution in [0.1, 0.15) is 18.4 Å². The highest BCUT2D eigenvalue weighted by atomic mass is 16.6. The van der Waals surface area contributed by atoms with Crippen molar-refractivity contribution in [1.82, 2.24) is 4.90 Å². The number of hydrogen-bond acceptors (Lipinski definition) is 3. The number of likely N-dealkylation sites (tertiary alicyclic amines) is 1. The fourth-order valence-corrected chi connectivity index (χ4v) is 2.65. The number of aliphatic hydroxyl groups is 1. The second kappa shape index (κ2) is 4.61. The van der Waals surface area contributed by atoms with Crippen LogP contribution in [-0.2, 0) is 11.3 Å². The minimum atomic E-state index is -0.252. The number of ether oxygens (including phenoxy) is 1. The summed E-state index contributed by atoms with van der Waals surface area (Å²) in [5.41, 5.74) is 0.996. The fraction of sp³-hybridized carbons (Fsp3) is 0.500. The molecule has 1 amide bonds. The third kappa shape index (κ3) is 2.20. The van der Waals surface area contributed by atoms with Gasteiger partial charge in [-0.15, -0.1) is 0 Å². The van der Waals surface area contributed by atoms with Crippen LogP contribution in [0.15, 0.2) is 30.3 Å². The number of aliphatic hydroxyl groups excluding tert-OH is 1. The van der Waals surface area contributed by atoms with Gasteiger partial charge in [0.1, 0.15) is 6.61 Å². The van der Waals surface area contributed by atoms with E-state index in [-0.39, 0.29) is 24.2 Å². The molecule has 0 aromatic heterocycles. The maximum Gasteiger partial charge on any atom is 0.410 e. The zero-order valence-corrected chi connectivity index (χ0v) is 10.2. The molecule has 1 aliphatic heterocycles. The number of carbonyl (C=O) groups is 1. The maximum absolute atomic E-state index is 11.9. The Morgan fingerprint density at radius 3 is 2.94 bits per heavy atom. The van der Waals surface area contributed by atoms with E-state index in [9.17, 15) is 9.90 Å². The summed E-state index contributed by atoms with van der Waals surface area (Å²) in [5, 5.41) is 9.65. The van der Waals surface area contributed by atoms with Crippen molar-refractivity contribution >= 4 is 6.09 Å². The lowest BCUT2D eigenvalue weighted by atomic mass is 10.1. The third-order valence-electron chi connectivity index (χ3n) is 3.80. The first kappa shape index (κ1) is 11.5. The van der Waals surface area contributed by atoms with Gasteiger partial charge in [0.2, 0.25) is 0 Å². The van der Waals surface area contributed by atoms with Gasteiger partial charge in [-0.1, -0.05) is 30.3 Å². The lowest BCUT2D eigenvalue weighted by Gasteiger charge is -2.28. The minimum absolute atomic E-state index is 0.206. The van der Waals surface area contributed by atoms with E-state index < -0.39 is 0 Å². The first-order valence-corrected chi connectivity index (χ1v) is 6.41. The predicted octanol–water partition coefficient (Wildman–Crippen LogP) is 1.78. The second-order valence-electron chi connectivity index (χ2n) is 5.06. The average Bonchev–Trinajstić information content (AvgIpc) is 3.19. The highest BCUT2D eigenvalue weighted by molar-refractivity contribution is 5.69. The summed E-state index contributed by atoms with van der Waals surface area (Å²) >= 11 is 0. The quantitative estimate of drug-likeness (QED) is 0.866. The summed E-state index contributed by atoms with van der Waals surface area (Å²) < 4.78 is 5.31. The van der Waals surface area contributed by atoms with Gasteiger partial charge in [-0.25, -0.2) is 4.79 Å². The van der Waals surface area contributed by atoms with Gasteiger partial charge in [-0.3, -0.25) is 0 Å². The van der Waals surface area contributed by atoms with Crippen molar-refractivity contribution in [3.05, 3.63) is 35.9 Å². The predicted molar refractivity (Wildman–Crippen MR) is 65.9 cm³/mol. The zero-order valence-electron chi connectivity index (χ0n) is 10.2. The number of nitrogens with zero attached hydrogens (tertiary/aromatic N) is 1. The van der Waals surface area contributed by atoms with E-state index in [0.717, 1.165) is 12.0 Å².